The molecule has 1 N–H and O–H groups in total. The Morgan fingerprint density at radius 3 is 2.55 bits per heavy atom. The molecule has 2 nitrogen and oxygen atoms in total. The number of aryl methyl sites for hydroxylation is 1. The lowest BCUT2D eigenvalue weighted by atomic mass is 9.93. The molecule has 20 heavy (non-hydrogen) atoms. The SMILES string of the molecule is CCc1ccccc1C(NC)c1cc(Br)ccc1OC. The van der Waals surface area contributed by atoms with Crippen LogP contribution in [0.25, 0.3) is 0 Å². The minimum absolute atomic E-state index is 0.124. The van der Waals surface area contributed by atoms with E-state index in [1.54, 1.807) is 7.11 Å². The number of rotatable bonds is 5. The zero-order chi connectivity index (χ0) is 14.5. The summed E-state index contributed by atoms with van der Waals surface area (Å²) in [5.41, 5.74) is 3.80. The van der Waals surface area contributed by atoms with Crippen molar-refractivity contribution in [1.29, 1.82) is 0 Å². The standard InChI is InChI=1S/C17H20BrNO/c1-4-12-7-5-6-8-14(12)17(19-2)15-11-13(18)9-10-16(15)20-3/h5-11,17,19H,4H2,1-3H3. The number of ether oxygens (including phenoxy) is 1. The van der Waals surface area contributed by atoms with Gasteiger partial charge < -0.3 is 10.1 Å². The number of hydrogen-bond acceptors (Lipinski definition) is 2. The molecule has 1 atom stereocenters. The van der Waals surface area contributed by atoms with E-state index >= 15 is 0 Å². The van der Waals surface area contributed by atoms with Crippen LogP contribution in [-0.4, -0.2) is 14.2 Å². The number of halogens is 1. The largest absolute Gasteiger partial charge is 0.496 e. The highest BCUT2D eigenvalue weighted by atomic mass is 79.9. The number of nitrogens with one attached hydrogen (secondary N) is 1. The van der Waals surface area contributed by atoms with E-state index < -0.39 is 0 Å². The van der Waals surface area contributed by atoms with Crippen molar-refractivity contribution < 1.29 is 4.74 Å². The van der Waals surface area contributed by atoms with Gasteiger partial charge in [0.15, 0.2) is 0 Å². The Bertz CT molecular complexity index is 583. The van der Waals surface area contributed by atoms with Crippen LogP contribution in [0, 0.1) is 0 Å². The summed E-state index contributed by atoms with van der Waals surface area (Å²) in [6.07, 6.45) is 1.02. The van der Waals surface area contributed by atoms with Crippen LogP contribution in [0.1, 0.15) is 29.7 Å². The first-order chi connectivity index (χ1) is 9.71. The Labute approximate surface area is 129 Å². The van der Waals surface area contributed by atoms with Crippen molar-refractivity contribution in [3.05, 3.63) is 63.6 Å². The van der Waals surface area contributed by atoms with Crippen molar-refractivity contribution in [3.8, 4) is 5.75 Å². The van der Waals surface area contributed by atoms with Crippen molar-refractivity contribution in [1.82, 2.24) is 5.32 Å². The highest BCUT2D eigenvalue weighted by Crippen LogP contribution is 2.33. The second-order valence-electron chi connectivity index (χ2n) is 4.66. The highest BCUT2D eigenvalue weighted by molar-refractivity contribution is 9.10. The fourth-order valence-electron chi connectivity index (χ4n) is 2.55. The minimum atomic E-state index is 0.124. The van der Waals surface area contributed by atoms with Crippen molar-refractivity contribution >= 4 is 15.9 Å². The zero-order valence-electron chi connectivity index (χ0n) is 12.1. The molecule has 0 bridgehead atoms. The van der Waals surface area contributed by atoms with Gasteiger partial charge in [0.25, 0.3) is 0 Å². The van der Waals surface area contributed by atoms with Crippen LogP contribution in [-0.2, 0) is 6.42 Å². The Balaban J connectivity index is 2.55. The van der Waals surface area contributed by atoms with Gasteiger partial charge in [-0.15, -0.1) is 0 Å². The molecule has 2 aromatic rings. The molecular formula is C17H20BrNO. The summed E-state index contributed by atoms with van der Waals surface area (Å²) in [7, 11) is 3.70. The summed E-state index contributed by atoms with van der Waals surface area (Å²) in [4.78, 5) is 0. The Morgan fingerprint density at radius 1 is 1.15 bits per heavy atom. The molecule has 0 radical (unpaired) electrons. The van der Waals surface area contributed by atoms with Gasteiger partial charge in [0.05, 0.1) is 13.2 Å². The first kappa shape index (κ1) is 15.1. The lowest BCUT2D eigenvalue weighted by molar-refractivity contribution is 0.405. The first-order valence-electron chi connectivity index (χ1n) is 6.79. The molecule has 0 spiro atoms. The van der Waals surface area contributed by atoms with Crippen LogP contribution < -0.4 is 10.1 Å². The summed E-state index contributed by atoms with van der Waals surface area (Å²) >= 11 is 3.55. The van der Waals surface area contributed by atoms with E-state index in [9.17, 15) is 0 Å². The average molecular weight is 334 g/mol. The fourth-order valence-corrected chi connectivity index (χ4v) is 2.93. The van der Waals surface area contributed by atoms with Crippen LogP contribution in [0.15, 0.2) is 46.9 Å². The summed E-state index contributed by atoms with van der Waals surface area (Å²) in [6, 6.07) is 14.8. The second-order valence-corrected chi connectivity index (χ2v) is 5.58. The van der Waals surface area contributed by atoms with Crippen LogP contribution >= 0.6 is 15.9 Å². The Morgan fingerprint density at radius 2 is 1.90 bits per heavy atom. The van der Waals surface area contributed by atoms with E-state index in [2.05, 4.69) is 58.5 Å². The van der Waals surface area contributed by atoms with E-state index in [1.807, 2.05) is 19.2 Å². The van der Waals surface area contributed by atoms with Crippen molar-refractivity contribution in [3.63, 3.8) is 0 Å². The Kier molecular flexibility index (Phi) is 5.21. The smallest absolute Gasteiger partial charge is 0.124 e. The maximum Gasteiger partial charge on any atom is 0.124 e. The molecule has 0 saturated carbocycles. The number of methoxy groups -OCH3 is 1. The lowest BCUT2D eigenvalue weighted by Crippen LogP contribution is -2.20. The molecule has 0 saturated heterocycles. The predicted octanol–water partition coefficient (Wildman–Crippen LogP) is 4.33. The predicted molar refractivity (Wildman–Crippen MR) is 87.4 cm³/mol. The van der Waals surface area contributed by atoms with Crippen molar-refractivity contribution in [2.75, 3.05) is 14.2 Å². The average Bonchev–Trinajstić information content (AvgIpc) is 2.49. The molecule has 1 unspecified atom stereocenters. The van der Waals surface area contributed by atoms with Gasteiger partial charge in [0, 0.05) is 10.0 Å². The molecule has 2 aromatic carbocycles. The fraction of sp³-hybridized carbons (Fsp3) is 0.294. The molecule has 0 aromatic heterocycles. The molecule has 0 fully saturated rings. The van der Waals surface area contributed by atoms with Gasteiger partial charge >= 0.3 is 0 Å². The summed E-state index contributed by atoms with van der Waals surface area (Å²) in [5, 5.41) is 3.41. The molecule has 3 heteroatoms. The topological polar surface area (TPSA) is 21.3 Å². The lowest BCUT2D eigenvalue weighted by Gasteiger charge is -2.22. The quantitative estimate of drug-likeness (QED) is 0.879. The summed E-state index contributed by atoms with van der Waals surface area (Å²) in [5.74, 6) is 0.901. The Hall–Kier alpha value is -1.32. The summed E-state index contributed by atoms with van der Waals surface area (Å²) in [6.45, 7) is 2.18. The van der Waals surface area contributed by atoms with Gasteiger partial charge in [-0.3, -0.25) is 0 Å². The molecular weight excluding hydrogens is 314 g/mol. The van der Waals surface area contributed by atoms with E-state index in [1.165, 1.54) is 11.1 Å². The van der Waals surface area contributed by atoms with E-state index in [0.717, 1.165) is 22.2 Å². The second kappa shape index (κ2) is 6.91. The normalized spacial score (nSPS) is 12.2. The third kappa shape index (κ3) is 3.05. The van der Waals surface area contributed by atoms with E-state index in [0.29, 0.717) is 0 Å². The maximum absolute atomic E-state index is 5.52. The maximum atomic E-state index is 5.52. The van der Waals surface area contributed by atoms with Crippen molar-refractivity contribution in [2.45, 2.75) is 19.4 Å². The van der Waals surface area contributed by atoms with Gasteiger partial charge in [0.2, 0.25) is 0 Å². The van der Waals surface area contributed by atoms with Crippen LogP contribution in [0.2, 0.25) is 0 Å². The van der Waals surface area contributed by atoms with E-state index in [-0.39, 0.29) is 6.04 Å². The molecule has 0 amide bonds. The highest BCUT2D eigenvalue weighted by Gasteiger charge is 2.19. The molecule has 0 heterocycles. The van der Waals surface area contributed by atoms with Crippen LogP contribution in [0.5, 0.6) is 5.75 Å². The third-order valence-electron chi connectivity index (χ3n) is 3.54. The molecule has 0 aliphatic carbocycles. The first-order valence-corrected chi connectivity index (χ1v) is 7.59. The third-order valence-corrected chi connectivity index (χ3v) is 4.03. The van der Waals surface area contributed by atoms with Gasteiger partial charge in [-0.1, -0.05) is 47.1 Å². The summed E-state index contributed by atoms with van der Waals surface area (Å²) < 4.78 is 6.58. The van der Waals surface area contributed by atoms with Crippen LogP contribution in [0.4, 0.5) is 0 Å². The molecule has 2 rings (SSSR count). The van der Waals surface area contributed by atoms with Gasteiger partial charge in [0.1, 0.15) is 5.75 Å². The monoisotopic (exact) mass is 333 g/mol. The van der Waals surface area contributed by atoms with Crippen LogP contribution in [0.3, 0.4) is 0 Å². The molecule has 0 aliphatic heterocycles. The minimum Gasteiger partial charge on any atom is -0.496 e. The number of benzene rings is 2. The number of hydrogen-bond donors (Lipinski definition) is 1. The van der Waals surface area contributed by atoms with Crippen molar-refractivity contribution in [2.24, 2.45) is 0 Å². The van der Waals surface area contributed by atoms with Gasteiger partial charge in [-0.25, -0.2) is 0 Å². The van der Waals surface area contributed by atoms with E-state index in [4.69, 9.17) is 4.74 Å². The zero-order valence-corrected chi connectivity index (χ0v) is 13.7. The molecule has 106 valence electrons. The molecule has 0 aliphatic rings. The van der Waals surface area contributed by atoms with Gasteiger partial charge in [-0.2, -0.15) is 0 Å². The van der Waals surface area contributed by atoms with Gasteiger partial charge in [-0.05, 0) is 42.8 Å².